The molecule has 0 N–H and O–H groups in total. The molecule has 11 aromatic rings. The summed E-state index contributed by atoms with van der Waals surface area (Å²) in [7, 11) is 0. The lowest BCUT2D eigenvalue weighted by atomic mass is 10.0. The molecule has 248 valence electrons. The summed E-state index contributed by atoms with van der Waals surface area (Å²) in [5.41, 5.74) is 11.5. The molecule has 3 nitrogen and oxygen atoms in total. The highest BCUT2D eigenvalue weighted by Gasteiger charge is 2.17. The molecule has 0 aliphatic rings. The van der Waals surface area contributed by atoms with Crippen LogP contribution < -0.4 is 4.90 Å². The molecular weight excluding hydrogens is 647 g/mol. The van der Waals surface area contributed by atoms with Crippen LogP contribution in [0.1, 0.15) is 0 Å². The third-order valence-electron chi connectivity index (χ3n) is 10.6. The van der Waals surface area contributed by atoms with Gasteiger partial charge in [-0.05, 0) is 117 Å². The highest BCUT2D eigenvalue weighted by Crippen LogP contribution is 2.42. The number of furan rings is 2. The second kappa shape index (κ2) is 11.7. The molecule has 0 spiro atoms. The number of fused-ring (bicyclic) bond motifs is 8. The fourth-order valence-corrected chi connectivity index (χ4v) is 7.91. The Balaban J connectivity index is 1.05. The number of anilines is 3. The van der Waals surface area contributed by atoms with Crippen LogP contribution >= 0.6 is 0 Å². The van der Waals surface area contributed by atoms with E-state index in [-0.39, 0.29) is 0 Å². The van der Waals surface area contributed by atoms with E-state index >= 15 is 0 Å². The summed E-state index contributed by atoms with van der Waals surface area (Å²) < 4.78 is 13.0. The van der Waals surface area contributed by atoms with Crippen LogP contribution in [-0.4, -0.2) is 0 Å². The molecule has 2 aromatic heterocycles. The Labute approximate surface area is 305 Å². The van der Waals surface area contributed by atoms with Gasteiger partial charge in [-0.1, -0.05) is 115 Å². The van der Waals surface area contributed by atoms with E-state index < -0.39 is 0 Å². The summed E-state index contributed by atoms with van der Waals surface area (Å²) in [5, 5.41) is 8.92. The molecule has 0 aliphatic carbocycles. The summed E-state index contributed by atoms with van der Waals surface area (Å²) in [4.78, 5) is 2.34. The summed E-state index contributed by atoms with van der Waals surface area (Å²) in [5.74, 6) is 0. The van der Waals surface area contributed by atoms with Crippen molar-refractivity contribution in [1.82, 2.24) is 0 Å². The molecule has 0 amide bonds. The van der Waals surface area contributed by atoms with Gasteiger partial charge >= 0.3 is 0 Å². The number of nitrogens with zero attached hydrogens (tertiary/aromatic N) is 1. The fraction of sp³-hybridized carbons (Fsp3) is 0. The molecular formula is C50H31NO2. The van der Waals surface area contributed by atoms with Crippen molar-refractivity contribution in [3.8, 4) is 22.3 Å². The second-order valence-corrected chi connectivity index (χ2v) is 13.8. The number of hydrogen-bond acceptors (Lipinski definition) is 3. The van der Waals surface area contributed by atoms with E-state index in [0.717, 1.165) is 71.7 Å². The Morgan fingerprint density at radius 3 is 1.17 bits per heavy atom. The maximum absolute atomic E-state index is 6.53. The molecule has 0 aliphatic heterocycles. The van der Waals surface area contributed by atoms with Crippen LogP contribution in [0.3, 0.4) is 0 Å². The van der Waals surface area contributed by atoms with Gasteiger partial charge in [0.15, 0.2) is 0 Å². The zero-order chi connectivity index (χ0) is 34.9. The van der Waals surface area contributed by atoms with Gasteiger partial charge in [-0.25, -0.2) is 0 Å². The molecule has 2 heterocycles. The SMILES string of the molecule is c1ccc(-c2ccc(N(c3ccc(-c4ccccc4)cc3)c3ccc4cc5oc6cc7c(cc6c5cc4c3)oc3cc4ccccc4cc37)cc2)cc1. The van der Waals surface area contributed by atoms with Gasteiger partial charge in [0.1, 0.15) is 22.3 Å². The first-order chi connectivity index (χ1) is 26.2. The number of rotatable bonds is 5. The topological polar surface area (TPSA) is 29.5 Å². The zero-order valence-corrected chi connectivity index (χ0v) is 28.7. The molecule has 53 heavy (non-hydrogen) atoms. The van der Waals surface area contributed by atoms with E-state index in [1.807, 2.05) is 0 Å². The molecule has 0 bridgehead atoms. The first kappa shape index (κ1) is 29.6. The predicted molar refractivity (Wildman–Crippen MR) is 222 cm³/mol. The van der Waals surface area contributed by atoms with Crippen molar-refractivity contribution >= 4 is 82.5 Å². The highest BCUT2D eigenvalue weighted by molar-refractivity contribution is 6.18. The van der Waals surface area contributed by atoms with Crippen molar-refractivity contribution in [3.05, 3.63) is 188 Å². The van der Waals surface area contributed by atoms with Gasteiger partial charge in [-0.2, -0.15) is 0 Å². The lowest BCUT2D eigenvalue weighted by molar-refractivity contribution is 0.664. The average Bonchev–Trinajstić information content (AvgIpc) is 3.75. The quantitative estimate of drug-likeness (QED) is 0.182. The maximum Gasteiger partial charge on any atom is 0.136 e. The monoisotopic (exact) mass is 677 g/mol. The van der Waals surface area contributed by atoms with Gasteiger partial charge in [0.25, 0.3) is 0 Å². The van der Waals surface area contributed by atoms with Gasteiger partial charge < -0.3 is 13.7 Å². The smallest absolute Gasteiger partial charge is 0.136 e. The number of benzene rings is 9. The standard InChI is InChI=1S/C50H31NO2/c1-3-9-32(10-4-1)34-15-20-40(21-16-34)51(41-22-17-35(18-23-41)33-11-5-2-6-12-33)42-24-19-38-29-48-44(27-39(38)25-42)46-31-49-45(30-50(46)53-48)43-26-36-13-7-8-14-37(36)28-47(43)52-49/h1-31H. The Bertz CT molecular complexity index is 3060. The van der Waals surface area contributed by atoms with Gasteiger partial charge in [-0.3, -0.25) is 0 Å². The van der Waals surface area contributed by atoms with E-state index in [9.17, 15) is 0 Å². The highest BCUT2D eigenvalue weighted by atomic mass is 16.3. The summed E-state index contributed by atoms with van der Waals surface area (Å²) in [6.07, 6.45) is 0. The van der Waals surface area contributed by atoms with Crippen LogP contribution in [0.25, 0.3) is 87.7 Å². The van der Waals surface area contributed by atoms with E-state index in [4.69, 9.17) is 8.83 Å². The molecule has 0 saturated carbocycles. The molecule has 0 radical (unpaired) electrons. The van der Waals surface area contributed by atoms with E-state index in [2.05, 4.69) is 193 Å². The van der Waals surface area contributed by atoms with E-state index in [1.54, 1.807) is 0 Å². The lowest BCUT2D eigenvalue weighted by Crippen LogP contribution is -2.09. The molecule has 0 fully saturated rings. The molecule has 11 rings (SSSR count). The van der Waals surface area contributed by atoms with Crippen LogP contribution in [0, 0.1) is 0 Å². The Kier molecular flexibility index (Phi) is 6.55. The minimum atomic E-state index is 0.859. The van der Waals surface area contributed by atoms with Crippen LogP contribution in [0.5, 0.6) is 0 Å². The Morgan fingerprint density at radius 2 is 0.642 bits per heavy atom. The summed E-state index contributed by atoms with van der Waals surface area (Å²) in [6, 6.07) is 66.9. The summed E-state index contributed by atoms with van der Waals surface area (Å²) >= 11 is 0. The van der Waals surface area contributed by atoms with Crippen LogP contribution in [0.15, 0.2) is 197 Å². The van der Waals surface area contributed by atoms with E-state index in [1.165, 1.54) is 33.0 Å². The van der Waals surface area contributed by atoms with Crippen molar-refractivity contribution in [3.63, 3.8) is 0 Å². The predicted octanol–water partition coefficient (Wildman–Crippen LogP) is 14.6. The first-order valence-corrected chi connectivity index (χ1v) is 18.0. The van der Waals surface area contributed by atoms with Gasteiger partial charge in [0.05, 0.1) is 0 Å². The molecule has 9 aromatic carbocycles. The Hall–Kier alpha value is -7.10. The molecule has 0 atom stereocenters. The summed E-state index contributed by atoms with van der Waals surface area (Å²) in [6.45, 7) is 0. The Morgan fingerprint density at radius 1 is 0.264 bits per heavy atom. The van der Waals surface area contributed by atoms with Crippen molar-refractivity contribution in [1.29, 1.82) is 0 Å². The van der Waals surface area contributed by atoms with Gasteiger partial charge in [0.2, 0.25) is 0 Å². The minimum absolute atomic E-state index is 0.859. The van der Waals surface area contributed by atoms with Crippen molar-refractivity contribution in [2.45, 2.75) is 0 Å². The number of hydrogen-bond donors (Lipinski definition) is 0. The van der Waals surface area contributed by atoms with Crippen molar-refractivity contribution < 1.29 is 8.83 Å². The molecule has 0 unspecified atom stereocenters. The van der Waals surface area contributed by atoms with Gasteiger partial charge in [0, 0.05) is 38.6 Å². The van der Waals surface area contributed by atoms with Crippen LogP contribution in [0.4, 0.5) is 17.1 Å². The minimum Gasteiger partial charge on any atom is -0.456 e. The maximum atomic E-state index is 6.53. The van der Waals surface area contributed by atoms with Crippen LogP contribution in [-0.2, 0) is 0 Å². The zero-order valence-electron chi connectivity index (χ0n) is 28.7. The van der Waals surface area contributed by atoms with Gasteiger partial charge in [-0.15, -0.1) is 0 Å². The average molecular weight is 678 g/mol. The molecule has 3 heteroatoms. The first-order valence-electron chi connectivity index (χ1n) is 18.0. The van der Waals surface area contributed by atoms with Crippen LogP contribution in [0.2, 0.25) is 0 Å². The normalized spacial score (nSPS) is 11.8. The van der Waals surface area contributed by atoms with Crippen molar-refractivity contribution in [2.24, 2.45) is 0 Å². The van der Waals surface area contributed by atoms with E-state index in [0.29, 0.717) is 0 Å². The third kappa shape index (κ3) is 4.97. The lowest BCUT2D eigenvalue weighted by Gasteiger charge is -2.26. The third-order valence-corrected chi connectivity index (χ3v) is 10.6. The molecule has 0 saturated heterocycles. The largest absolute Gasteiger partial charge is 0.456 e. The second-order valence-electron chi connectivity index (χ2n) is 13.8. The fourth-order valence-electron chi connectivity index (χ4n) is 7.91. The van der Waals surface area contributed by atoms with Crippen molar-refractivity contribution in [2.75, 3.05) is 4.90 Å².